The Morgan fingerprint density at radius 1 is 1.30 bits per heavy atom. The van der Waals surface area contributed by atoms with E-state index in [9.17, 15) is 8.42 Å². The van der Waals surface area contributed by atoms with Crippen LogP contribution in [0.25, 0.3) is 0 Å². The van der Waals surface area contributed by atoms with Crippen LogP contribution < -0.4 is 15.2 Å². The summed E-state index contributed by atoms with van der Waals surface area (Å²) in [6.45, 7) is 0.770. The van der Waals surface area contributed by atoms with Gasteiger partial charge in [0.05, 0.1) is 14.2 Å². The van der Waals surface area contributed by atoms with Crippen molar-refractivity contribution < 1.29 is 17.9 Å². The zero-order valence-corrected chi connectivity index (χ0v) is 13.0. The topological polar surface area (TPSA) is 81.9 Å². The highest BCUT2D eigenvalue weighted by Gasteiger charge is 2.33. The van der Waals surface area contributed by atoms with Crippen LogP contribution in [0.3, 0.4) is 0 Å². The Balaban J connectivity index is 0.00000200. The molecule has 8 heteroatoms. The second-order valence-electron chi connectivity index (χ2n) is 4.43. The largest absolute Gasteiger partial charge is 0.497 e. The van der Waals surface area contributed by atoms with E-state index in [0.717, 1.165) is 0 Å². The summed E-state index contributed by atoms with van der Waals surface area (Å²) in [7, 11) is -0.668. The number of halogens is 1. The van der Waals surface area contributed by atoms with Crippen molar-refractivity contribution in [2.45, 2.75) is 17.4 Å². The molecule has 0 saturated carbocycles. The summed E-state index contributed by atoms with van der Waals surface area (Å²) in [5.74, 6) is 0.782. The van der Waals surface area contributed by atoms with Crippen molar-refractivity contribution in [1.82, 2.24) is 4.31 Å². The number of benzene rings is 1. The third-order valence-corrected chi connectivity index (χ3v) is 5.06. The fraction of sp³-hybridized carbons (Fsp3) is 0.500. The predicted molar refractivity (Wildman–Crippen MR) is 78.1 cm³/mol. The van der Waals surface area contributed by atoms with E-state index in [-0.39, 0.29) is 23.3 Å². The van der Waals surface area contributed by atoms with Crippen LogP contribution in [-0.2, 0) is 10.0 Å². The fourth-order valence-corrected chi connectivity index (χ4v) is 3.78. The lowest BCUT2D eigenvalue weighted by Crippen LogP contribution is -2.32. The molecule has 1 heterocycles. The highest BCUT2D eigenvalue weighted by molar-refractivity contribution is 7.89. The van der Waals surface area contributed by atoms with Crippen molar-refractivity contribution in [1.29, 1.82) is 0 Å². The van der Waals surface area contributed by atoms with Gasteiger partial charge in [0.15, 0.2) is 0 Å². The first-order valence-electron chi connectivity index (χ1n) is 5.97. The standard InChI is InChI=1S/C12H18N2O4S.ClH/c1-17-10-3-4-11(18-2)12(7-10)19(15,16)14-6-5-9(13)8-14;/h3-4,7,9H,5-6,8,13H2,1-2H3;1H. The molecule has 0 aliphatic carbocycles. The monoisotopic (exact) mass is 322 g/mol. The normalized spacial score (nSPS) is 19.4. The maximum Gasteiger partial charge on any atom is 0.246 e. The van der Waals surface area contributed by atoms with Crippen LogP contribution in [0.2, 0.25) is 0 Å². The Bertz CT molecular complexity index is 565. The SMILES string of the molecule is COc1ccc(OC)c(S(=O)(=O)N2CCC(N)C2)c1.Cl. The van der Waals surface area contributed by atoms with E-state index in [0.29, 0.717) is 31.0 Å². The molecule has 1 unspecified atom stereocenters. The summed E-state index contributed by atoms with van der Waals surface area (Å²) in [5, 5.41) is 0. The van der Waals surface area contributed by atoms with Gasteiger partial charge in [0.1, 0.15) is 16.4 Å². The van der Waals surface area contributed by atoms with Gasteiger partial charge in [-0.05, 0) is 18.6 Å². The predicted octanol–water partition coefficient (Wildman–Crippen LogP) is 0.847. The molecule has 1 fully saturated rings. The van der Waals surface area contributed by atoms with Gasteiger partial charge < -0.3 is 15.2 Å². The molecule has 1 aliphatic rings. The van der Waals surface area contributed by atoms with E-state index in [2.05, 4.69) is 0 Å². The third-order valence-electron chi connectivity index (χ3n) is 3.18. The number of nitrogens with zero attached hydrogens (tertiary/aromatic N) is 1. The van der Waals surface area contributed by atoms with Gasteiger partial charge in [0.25, 0.3) is 0 Å². The summed E-state index contributed by atoms with van der Waals surface area (Å²) in [6.07, 6.45) is 0.672. The van der Waals surface area contributed by atoms with Crippen molar-refractivity contribution in [3.8, 4) is 11.5 Å². The average molecular weight is 323 g/mol. The van der Waals surface area contributed by atoms with Gasteiger partial charge in [-0.25, -0.2) is 8.42 Å². The molecular formula is C12H19ClN2O4S. The number of sulfonamides is 1. The number of hydrogen-bond donors (Lipinski definition) is 1. The maximum absolute atomic E-state index is 12.6. The molecule has 0 bridgehead atoms. The van der Waals surface area contributed by atoms with Gasteiger partial charge in [-0.15, -0.1) is 12.4 Å². The third kappa shape index (κ3) is 3.17. The molecule has 6 nitrogen and oxygen atoms in total. The Morgan fingerprint density at radius 2 is 2.00 bits per heavy atom. The number of ether oxygens (including phenoxy) is 2. The van der Waals surface area contributed by atoms with E-state index in [1.165, 1.54) is 24.6 Å². The highest BCUT2D eigenvalue weighted by atomic mass is 35.5. The van der Waals surface area contributed by atoms with Crippen LogP contribution in [0.5, 0.6) is 11.5 Å². The highest BCUT2D eigenvalue weighted by Crippen LogP contribution is 2.31. The second kappa shape index (κ2) is 6.62. The summed E-state index contributed by atoms with van der Waals surface area (Å²) >= 11 is 0. The molecule has 1 saturated heterocycles. The number of nitrogens with two attached hydrogens (primary N) is 1. The van der Waals surface area contributed by atoms with E-state index >= 15 is 0 Å². The minimum Gasteiger partial charge on any atom is -0.497 e. The Morgan fingerprint density at radius 3 is 2.50 bits per heavy atom. The lowest BCUT2D eigenvalue weighted by molar-refractivity contribution is 0.388. The van der Waals surface area contributed by atoms with Crippen molar-refractivity contribution in [3.05, 3.63) is 18.2 Å². The van der Waals surface area contributed by atoms with Crippen LogP contribution in [-0.4, -0.2) is 46.1 Å². The summed E-state index contributed by atoms with van der Waals surface area (Å²) < 4.78 is 36.7. The molecule has 0 spiro atoms. The first kappa shape index (κ1) is 17.0. The minimum atomic E-state index is -3.60. The molecular weight excluding hydrogens is 304 g/mol. The van der Waals surface area contributed by atoms with Crippen LogP contribution in [0.1, 0.15) is 6.42 Å². The van der Waals surface area contributed by atoms with E-state index in [1.54, 1.807) is 12.1 Å². The van der Waals surface area contributed by atoms with Crippen LogP contribution in [0.15, 0.2) is 23.1 Å². The maximum atomic E-state index is 12.6. The molecule has 1 atom stereocenters. The lowest BCUT2D eigenvalue weighted by atomic mass is 10.3. The van der Waals surface area contributed by atoms with Crippen molar-refractivity contribution >= 4 is 22.4 Å². The summed E-state index contributed by atoms with van der Waals surface area (Å²) in [4.78, 5) is 0.114. The molecule has 0 amide bonds. The molecule has 0 aromatic heterocycles. The Labute approximate surface area is 125 Å². The van der Waals surface area contributed by atoms with E-state index < -0.39 is 10.0 Å². The van der Waals surface area contributed by atoms with Gasteiger partial charge >= 0.3 is 0 Å². The van der Waals surface area contributed by atoms with Gasteiger partial charge in [-0.3, -0.25) is 0 Å². The number of hydrogen-bond acceptors (Lipinski definition) is 5. The van der Waals surface area contributed by atoms with Crippen LogP contribution >= 0.6 is 12.4 Å². The Kier molecular flexibility index (Phi) is 5.64. The van der Waals surface area contributed by atoms with Gasteiger partial charge in [-0.2, -0.15) is 4.31 Å². The number of methoxy groups -OCH3 is 2. The van der Waals surface area contributed by atoms with Gasteiger partial charge in [-0.1, -0.05) is 0 Å². The lowest BCUT2D eigenvalue weighted by Gasteiger charge is -2.18. The molecule has 0 radical (unpaired) electrons. The Hall–Kier alpha value is -1.02. The molecule has 1 aliphatic heterocycles. The van der Waals surface area contributed by atoms with Crippen molar-refractivity contribution in [2.24, 2.45) is 5.73 Å². The quantitative estimate of drug-likeness (QED) is 0.888. The molecule has 1 aromatic carbocycles. The van der Waals surface area contributed by atoms with Crippen LogP contribution in [0.4, 0.5) is 0 Å². The molecule has 1 aromatic rings. The van der Waals surface area contributed by atoms with Gasteiger partial charge in [0.2, 0.25) is 10.0 Å². The molecule has 2 N–H and O–H groups in total. The second-order valence-corrected chi connectivity index (χ2v) is 6.33. The molecule has 2 rings (SSSR count). The fourth-order valence-electron chi connectivity index (χ4n) is 2.10. The van der Waals surface area contributed by atoms with Crippen molar-refractivity contribution in [3.63, 3.8) is 0 Å². The first-order valence-corrected chi connectivity index (χ1v) is 7.41. The smallest absolute Gasteiger partial charge is 0.246 e. The minimum absolute atomic E-state index is 0. The molecule has 114 valence electrons. The zero-order chi connectivity index (χ0) is 14.0. The first-order chi connectivity index (χ1) is 8.98. The van der Waals surface area contributed by atoms with E-state index in [1.807, 2.05) is 0 Å². The van der Waals surface area contributed by atoms with Crippen LogP contribution in [0, 0.1) is 0 Å². The average Bonchev–Trinajstić information content (AvgIpc) is 2.85. The van der Waals surface area contributed by atoms with Crippen molar-refractivity contribution in [2.75, 3.05) is 27.3 Å². The zero-order valence-electron chi connectivity index (χ0n) is 11.4. The number of rotatable bonds is 4. The molecule has 20 heavy (non-hydrogen) atoms. The van der Waals surface area contributed by atoms with E-state index in [4.69, 9.17) is 15.2 Å². The summed E-state index contributed by atoms with van der Waals surface area (Å²) in [6, 6.07) is 4.61. The van der Waals surface area contributed by atoms with Gasteiger partial charge in [0, 0.05) is 25.2 Å². The summed E-state index contributed by atoms with van der Waals surface area (Å²) in [5.41, 5.74) is 5.76.